The highest BCUT2D eigenvalue weighted by atomic mass is 35.5. The van der Waals surface area contributed by atoms with Crippen LogP contribution in [0.5, 0.6) is 0 Å². The van der Waals surface area contributed by atoms with Crippen molar-refractivity contribution < 1.29 is 9.26 Å². The Bertz CT molecular complexity index is 781. The lowest BCUT2D eigenvalue weighted by Gasteiger charge is -2.39. The number of hydrogen-bond acceptors (Lipinski definition) is 6. The molecular formula is C22H31ClN4O2. The summed E-state index contributed by atoms with van der Waals surface area (Å²) in [6.45, 7) is 11.0. The first-order valence-electron chi connectivity index (χ1n) is 10.7. The first kappa shape index (κ1) is 20.8. The van der Waals surface area contributed by atoms with E-state index in [-0.39, 0.29) is 0 Å². The average Bonchev–Trinajstić information content (AvgIpc) is 3.16. The smallest absolute Gasteiger partial charge is 0.228 e. The van der Waals surface area contributed by atoms with Crippen LogP contribution >= 0.6 is 11.6 Å². The van der Waals surface area contributed by atoms with Crippen molar-refractivity contribution in [1.29, 1.82) is 0 Å². The van der Waals surface area contributed by atoms with Gasteiger partial charge in [-0.05, 0) is 57.8 Å². The van der Waals surface area contributed by atoms with Crippen LogP contribution in [0.4, 0.5) is 0 Å². The fourth-order valence-corrected chi connectivity index (χ4v) is 4.74. The van der Waals surface area contributed by atoms with Gasteiger partial charge >= 0.3 is 0 Å². The number of aromatic nitrogens is 2. The van der Waals surface area contributed by atoms with E-state index in [0.29, 0.717) is 28.9 Å². The maximum Gasteiger partial charge on any atom is 0.228 e. The predicted molar refractivity (Wildman–Crippen MR) is 114 cm³/mol. The van der Waals surface area contributed by atoms with Crippen molar-refractivity contribution in [2.45, 2.75) is 45.3 Å². The van der Waals surface area contributed by atoms with E-state index in [1.54, 1.807) is 0 Å². The van der Waals surface area contributed by atoms with E-state index in [0.717, 1.165) is 50.6 Å². The van der Waals surface area contributed by atoms with Crippen LogP contribution in [0.2, 0.25) is 5.02 Å². The van der Waals surface area contributed by atoms with Crippen molar-refractivity contribution in [3.05, 3.63) is 35.2 Å². The minimum absolute atomic E-state index is 0.352. The van der Waals surface area contributed by atoms with Crippen LogP contribution in [-0.4, -0.2) is 71.4 Å². The van der Waals surface area contributed by atoms with E-state index >= 15 is 0 Å². The standard InChI is InChI=1S/C22H31ClN4O2/c1-16-13-27(14-17(2)28-16)15-18-6-9-26(10-7-18)11-8-21-24-22(25-29-21)19-4-3-5-20(23)12-19/h3-5,12,16-18H,6-11,13-15H2,1-2H3. The quantitative estimate of drug-likeness (QED) is 0.712. The first-order chi connectivity index (χ1) is 14.0. The third-order valence-electron chi connectivity index (χ3n) is 5.91. The Hall–Kier alpha value is -1.47. The molecule has 2 atom stereocenters. The molecule has 3 heterocycles. The molecule has 1 aromatic heterocycles. The van der Waals surface area contributed by atoms with Gasteiger partial charge in [0.05, 0.1) is 12.2 Å². The highest BCUT2D eigenvalue weighted by Gasteiger charge is 2.26. The van der Waals surface area contributed by atoms with Crippen LogP contribution in [-0.2, 0) is 11.2 Å². The van der Waals surface area contributed by atoms with Crippen molar-refractivity contribution in [2.24, 2.45) is 5.92 Å². The van der Waals surface area contributed by atoms with Gasteiger partial charge in [0.2, 0.25) is 11.7 Å². The molecule has 2 aliphatic heterocycles. The van der Waals surface area contributed by atoms with Crippen LogP contribution in [0.15, 0.2) is 28.8 Å². The molecule has 0 saturated carbocycles. The zero-order chi connectivity index (χ0) is 20.2. The van der Waals surface area contributed by atoms with Gasteiger partial charge in [0.25, 0.3) is 0 Å². The van der Waals surface area contributed by atoms with Crippen molar-refractivity contribution in [3.8, 4) is 11.4 Å². The zero-order valence-corrected chi connectivity index (χ0v) is 18.1. The van der Waals surface area contributed by atoms with Gasteiger partial charge in [-0.2, -0.15) is 4.98 Å². The number of likely N-dealkylation sites (tertiary alicyclic amines) is 1. The van der Waals surface area contributed by atoms with Gasteiger partial charge < -0.3 is 14.2 Å². The lowest BCUT2D eigenvalue weighted by molar-refractivity contribution is -0.0731. The molecule has 0 radical (unpaired) electrons. The Morgan fingerprint density at radius 1 is 1.10 bits per heavy atom. The van der Waals surface area contributed by atoms with Crippen molar-refractivity contribution in [1.82, 2.24) is 19.9 Å². The molecule has 6 nitrogen and oxygen atoms in total. The van der Waals surface area contributed by atoms with Gasteiger partial charge in [0.15, 0.2) is 0 Å². The Morgan fingerprint density at radius 2 is 1.86 bits per heavy atom. The van der Waals surface area contributed by atoms with E-state index in [9.17, 15) is 0 Å². The van der Waals surface area contributed by atoms with Gasteiger partial charge in [-0.3, -0.25) is 4.90 Å². The molecule has 2 fully saturated rings. The number of hydrogen-bond donors (Lipinski definition) is 0. The summed E-state index contributed by atoms with van der Waals surface area (Å²) in [6, 6.07) is 7.55. The molecule has 1 aromatic carbocycles. The molecule has 2 aliphatic rings. The van der Waals surface area contributed by atoms with Gasteiger partial charge in [0, 0.05) is 43.2 Å². The number of ether oxygens (including phenoxy) is 1. The van der Waals surface area contributed by atoms with E-state index in [1.165, 1.54) is 19.4 Å². The van der Waals surface area contributed by atoms with Crippen molar-refractivity contribution >= 4 is 11.6 Å². The van der Waals surface area contributed by atoms with Gasteiger partial charge in [-0.15, -0.1) is 0 Å². The molecule has 0 N–H and O–H groups in total. The summed E-state index contributed by atoms with van der Waals surface area (Å²) < 4.78 is 11.3. The molecule has 2 aromatic rings. The van der Waals surface area contributed by atoms with Crippen LogP contribution in [0.25, 0.3) is 11.4 Å². The third kappa shape index (κ3) is 5.79. The minimum atomic E-state index is 0.352. The summed E-state index contributed by atoms with van der Waals surface area (Å²) in [7, 11) is 0. The zero-order valence-electron chi connectivity index (χ0n) is 17.4. The fourth-order valence-electron chi connectivity index (χ4n) is 4.55. The van der Waals surface area contributed by atoms with Gasteiger partial charge in [-0.1, -0.05) is 28.9 Å². The Balaban J connectivity index is 1.20. The molecule has 2 saturated heterocycles. The van der Waals surface area contributed by atoms with Crippen LogP contribution in [0.1, 0.15) is 32.6 Å². The molecule has 158 valence electrons. The molecule has 4 rings (SSSR count). The first-order valence-corrected chi connectivity index (χ1v) is 11.1. The highest BCUT2D eigenvalue weighted by Crippen LogP contribution is 2.22. The molecule has 2 unspecified atom stereocenters. The SMILES string of the molecule is CC1CN(CC2CCN(CCc3nc(-c4cccc(Cl)c4)no3)CC2)CC(C)O1. The van der Waals surface area contributed by atoms with E-state index in [4.69, 9.17) is 20.9 Å². The average molecular weight is 419 g/mol. The molecular weight excluding hydrogens is 388 g/mol. The number of morpholine rings is 1. The predicted octanol–water partition coefficient (Wildman–Crippen LogP) is 3.75. The van der Waals surface area contributed by atoms with E-state index < -0.39 is 0 Å². The summed E-state index contributed by atoms with van der Waals surface area (Å²) in [6.07, 6.45) is 4.02. The van der Waals surface area contributed by atoms with Crippen LogP contribution in [0.3, 0.4) is 0 Å². The van der Waals surface area contributed by atoms with E-state index in [1.807, 2.05) is 24.3 Å². The molecule has 0 aliphatic carbocycles. The normalized spacial score (nSPS) is 24.8. The van der Waals surface area contributed by atoms with E-state index in [2.05, 4.69) is 33.8 Å². The number of rotatable bonds is 6. The summed E-state index contributed by atoms with van der Waals surface area (Å²) >= 11 is 6.05. The molecule has 0 amide bonds. The summed E-state index contributed by atoms with van der Waals surface area (Å²) in [4.78, 5) is 9.64. The minimum Gasteiger partial charge on any atom is -0.373 e. The summed E-state index contributed by atoms with van der Waals surface area (Å²) in [5.74, 6) is 2.09. The van der Waals surface area contributed by atoms with Gasteiger partial charge in [-0.25, -0.2) is 0 Å². The maximum atomic E-state index is 6.05. The Kier molecular flexibility index (Phi) is 6.85. The topological polar surface area (TPSA) is 54.6 Å². The maximum absolute atomic E-state index is 6.05. The number of benzene rings is 1. The monoisotopic (exact) mass is 418 g/mol. The number of piperidine rings is 1. The molecule has 0 spiro atoms. The second-order valence-electron chi connectivity index (χ2n) is 8.53. The highest BCUT2D eigenvalue weighted by molar-refractivity contribution is 6.30. The Morgan fingerprint density at radius 3 is 2.59 bits per heavy atom. The fraction of sp³-hybridized carbons (Fsp3) is 0.636. The second kappa shape index (κ2) is 9.56. The molecule has 7 heteroatoms. The summed E-state index contributed by atoms with van der Waals surface area (Å²) in [5.41, 5.74) is 0.889. The molecule has 0 bridgehead atoms. The second-order valence-corrected chi connectivity index (χ2v) is 8.97. The largest absolute Gasteiger partial charge is 0.373 e. The lowest BCUT2D eigenvalue weighted by atomic mass is 9.95. The molecule has 29 heavy (non-hydrogen) atoms. The summed E-state index contributed by atoms with van der Waals surface area (Å²) in [5, 5.41) is 4.78. The Labute approximate surface area is 178 Å². The number of nitrogens with zero attached hydrogens (tertiary/aromatic N) is 4. The number of halogens is 1. The van der Waals surface area contributed by atoms with Crippen molar-refractivity contribution in [3.63, 3.8) is 0 Å². The van der Waals surface area contributed by atoms with Crippen LogP contribution < -0.4 is 0 Å². The lowest BCUT2D eigenvalue weighted by Crippen LogP contribution is -2.48. The third-order valence-corrected chi connectivity index (χ3v) is 6.15. The van der Waals surface area contributed by atoms with Gasteiger partial charge in [0.1, 0.15) is 0 Å². The van der Waals surface area contributed by atoms with Crippen LogP contribution in [0, 0.1) is 5.92 Å². The van der Waals surface area contributed by atoms with Crippen molar-refractivity contribution in [2.75, 3.05) is 39.3 Å².